The number of carbonyl (C=O) groups is 1. The molecule has 0 saturated carbocycles. The fraction of sp³-hybridized carbons (Fsp3) is 0.160. The van der Waals surface area contributed by atoms with Crippen LogP contribution in [0.15, 0.2) is 79.0 Å². The number of carboxylic acid groups (broad SMARTS) is 1. The van der Waals surface area contributed by atoms with Crippen LogP contribution < -0.4 is 5.32 Å². The Morgan fingerprint density at radius 2 is 1.76 bits per heavy atom. The second-order valence-electron chi connectivity index (χ2n) is 7.73. The second kappa shape index (κ2) is 8.99. The van der Waals surface area contributed by atoms with Gasteiger partial charge in [0.25, 0.3) is 0 Å². The summed E-state index contributed by atoms with van der Waals surface area (Å²) in [5.74, 6) is -0.995. The SMILES string of the molecule is O=C(O)Cc1cn(C(NCc2cccc(C(F)(F)F)c2)c2ccccc2)c2ccc(O)cc12. The van der Waals surface area contributed by atoms with Crippen LogP contribution in [0.1, 0.15) is 28.4 Å². The highest BCUT2D eigenvalue weighted by atomic mass is 19.4. The Morgan fingerprint density at radius 3 is 2.45 bits per heavy atom. The van der Waals surface area contributed by atoms with E-state index < -0.39 is 23.9 Å². The van der Waals surface area contributed by atoms with Crippen molar-refractivity contribution >= 4 is 16.9 Å². The zero-order valence-corrected chi connectivity index (χ0v) is 17.4. The molecule has 0 amide bonds. The lowest BCUT2D eigenvalue weighted by atomic mass is 10.1. The second-order valence-corrected chi connectivity index (χ2v) is 7.73. The maximum Gasteiger partial charge on any atom is 0.416 e. The molecule has 0 aliphatic heterocycles. The van der Waals surface area contributed by atoms with Crippen LogP contribution in [-0.4, -0.2) is 20.7 Å². The summed E-state index contributed by atoms with van der Waals surface area (Å²) in [7, 11) is 0. The molecule has 1 atom stereocenters. The first-order valence-electron chi connectivity index (χ1n) is 10.2. The summed E-state index contributed by atoms with van der Waals surface area (Å²) in [6.07, 6.45) is -3.45. The van der Waals surface area contributed by atoms with Crippen molar-refractivity contribution in [3.8, 4) is 5.75 Å². The number of hydrogen-bond donors (Lipinski definition) is 3. The Hall–Kier alpha value is -3.78. The number of aromatic nitrogens is 1. The summed E-state index contributed by atoms with van der Waals surface area (Å²) in [5.41, 5.74) is 1.80. The van der Waals surface area contributed by atoms with Crippen LogP contribution >= 0.6 is 0 Å². The number of phenolic OH excluding ortho intramolecular Hbond substituents is 1. The Balaban J connectivity index is 1.75. The number of aromatic hydroxyl groups is 1. The van der Waals surface area contributed by atoms with Crippen LogP contribution in [0.4, 0.5) is 13.2 Å². The molecule has 0 radical (unpaired) electrons. The van der Waals surface area contributed by atoms with Gasteiger partial charge in [0.05, 0.1) is 17.5 Å². The van der Waals surface area contributed by atoms with E-state index in [0.717, 1.165) is 17.7 Å². The quantitative estimate of drug-likeness (QED) is 0.353. The molecule has 0 aliphatic rings. The largest absolute Gasteiger partial charge is 0.508 e. The van der Waals surface area contributed by atoms with Gasteiger partial charge in [-0.05, 0) is 41.0 Å². The van der Waals surface area contributed by atoms with E-state index >= 15 is 0 Å². The van der Waals surface area contributed by atoms with E-state index in [0.29, 0.717) is 22.0 Å². The maximum absolute atomic E-state index is 13.1. The van der Waals surface area contributed by atoms with Crippen molar-refractivity contribution in [1.82, 2.24) is 9.88 Å². The summed E-state index contributed by atoms with van der Waals surface area (Å²) in [6.45, 7) is 0.148. The third-order valence-corrected chi connectivity index (χ3v) is 5.39. The van der Waals surface area contributed by atoms with Crippen LogP contribution in [-0.2, 0) is 23.9 Å². The summed E-state index contributed by atoms with van der Waals surface area (Å²) in [6, 6.07) is 19.2. The molecule has 1 aromatic heterocycles. The fourth-order valence-corrected chi connectivity index (χ4v) is 3.92. The van der Waals surface area contributed by atoms with Crippen LogP contribution in [0.3, 0.4) is 0 Å². The van der Waals surface area contributed by atoms with Gasteiger partial charge in [0.1, 0.15) is 11.9 Å². The lowest BCUT2D eigenvalue weighted by Crippen LogP contribution is -2.27. The number of halogens is 3. The fourth-order valence-electron chi connectivity index (χ4n) is 3.92. The summed E-state index contributed by atoms with van der Waals surface area (Å²) < 4.78 is 41.2. The average molecular weight is 454 g/mol. The molecule has 0 saturated heterocycles. The molecule has 0 fully saturated rings. The predicted molar refractivity (Wildman–Crippen MR) is 118 cm³/mol. The van der Waals surface area contributed by atoms with Crippen LogP contribution in [0.5, 0.6) is 5.75 Å². The van der Waals surface area contributed by atoms with E-state index in [1.54, 1.807) is 18.3 Å². The number of nitrogens with zero attached hydrogens (tertiary/aromatic N) is 1. The van der Waals surface area contributed by atoms with Crippen molar-refractivity contribution in [2.45, 2.75) is 25.3 Å². The van der Waals surface area contributed by atoms with Gasteiger partial charge in [0.15, 0.2) is 0 Å². The number of carboxylic acids is 1. The predicted octanol–water partition coefficient (Wildman–Crippen LogP) is 5.33. The lowest BCUT2D eigenvalue weighted by Gasteiger charge is -2.23. The van der Waals surface area contributed by atoms with Gasteiger partial charge in [-0.15, -0.1) is 0 Å². The zero-order chi connectivity index (χ0) is 23.6. The standard InChI is InChI=1S/C25H21F3N2O3/c26-25(27,28)19-8-4-5-16(11-19)14-29-24(17-6-2-1-3-7-17)30-15-18(12-23(32)33)21-13-20(31)9-10-22(21)30/h1-11,13,15,24,29,31H,12,14H2,(H,32,33). The molecule has 33 heavy (non-hydrogen) atoms. The third-order valence-electron chi connectivity index (χ3n) is 5.39. The minimum Gasteiger partial charge on any atom is -0.508 e. The highest BCUT2D eigenvalue weighted by molar-refractivity contribution is 5.88. The van der Waals surface area contributed by atoms with E-state index in [2.05, 4.69) is 5.32 Å². The van der Waals surface area contributed by atoms with Gasteiger partial charge in [-0.1, -0.05) is 48.5 Å². The lowest BCUT2D eigenvalue weighted by molar-refractivity contribution is -0.138. The third kappa shape index (κ3) is 5.01. The number of hydrogen-bond acceptors (Lipinski definition) is 3. The number of benzene rings is 3. The van der Waals surface area contributed by atoms with E-state index in [1.165, 1.54) is 18.2 Å². The molecule has 5 nitrogen and oxygen atoms in total. The van der Waals surface area contributed by atoms with Gasteiger partial charge in [0.2, 0.25) is 0 Å². The van der Waals surface area contributed by atoms with Gasteiger partial charge >= 0.3 is 12.1 Å². The van der Waals surface area contributed by atoms with Gasteiger partial charge in [-0.2, -0.15) is 13.2 Å². The van der Waals surface area contributed by atoms with E-state index in [1.807, 2.05) is 34.9 Å². The Kier molecular flexibility index (Phi) is 6.11. The smallest absolute Gasteiger partial charge is 0.416 e. The van der Waals surface area contributed by atoms with Gasteiger partial charge in [-0.3, -0.25) is 10.1 Å². The monoisotopic (exact) mass is 454 g/mol. The van der Waals surface area contributed by atoms with Crippen molar-refractivity contribution < 1.29 is 28.2 Å². The van der Waals surface area contributed by atoms with E-state index in [9.17, 15) is 28.2 Å². The van der Waals surface area contributed by atoms with Crippen LogP contribution in [0.2, 0.25) is 0 Å². The zero-order valence-electron chi connectivity index (χ0n) is 17.4. The molecule has 3 aromatic carbocycles. The molecule has 0 spiro atoms. The molecule has 3 N–H and O–H groups in total. The number of fused-ring (bicyclic) bond motifs is 1. The Bertz CT molecular complexity index is 1280. The molecule has 8 heteroatoms. The molecule has 0 aliphatic carbocycles. The molecule has 1 heterocycles. The molecule has 4 rings (SSSR count). The minimum atomic E-state index is -4.43. The molecular formula is C25H21F3N2O3. The van der Waals surface area contributed by atoms with Gasteiger partial charge in [-0.25, -0.2) is 0 Å². The number of nitrogens with one attached hydrogen (secondary N) is 1. The van der Waals surface area contributed by atoms with Crippen molar-refractivity contribution in [3.05, 3.63) is 101 Å². The van der Waals surface area contributed by atoms with Crippen molar-refractivity contribution in [2.75, 3.05) is 0 Å². The van der Waals surface area contributed by atoms with Crippen LogP contribution in [0.25, 0.3) is 10.9 Å². The average Bonchev–Trinajstić information content (AvgIpc) is 3.11. The molecule has 4 aromatic rings. The molecule has 1 unspecified atom stereocenters. The number of aliphatic carboxylic acids is 1. The maximum atomic E-state index is 13.1. The minimum absolute atomic E-state index is 0.0140. The summed E-state index contributed by atoms with van der Waals surface area (Å²) >= 11 is 0. The first kappa shape index (κ1) is 22.4. The number of rotatable bonds is 7. The van der Waals surface area contributed by atoms with Gasteiger partial charge < -0.3 is 14.8 Å². The molecule has 0 bridgehead atoms. The first-order chi connectivity index (χ1) is 15.7. The molecule has 170 valence electrons. The normalized spacial score (nSPS) is 12.7. The van der Waals surface area contributed by atoms with Crippen molar-refractivity contribution in [1.29, 1.82) is 0 Å². The molecular weight excluding hydrogens is 433 g/mol. The van der Waals surface area contributed by atoms with Crippen molar-refractivity contribution in [2.24, 2.45) is 0 Å². The van der Waals surface area contributed by atoms with E-state index in [-0.39, 0.29) is 18.7 Å². The Labute approximate surface area is 187 Å². The van der Waals surface area contributed by atoms with Crippen LogP contribution in [0, 0.1) is 0 Å². The highest BCUT2D eigenvalue weighted by Gasteiger charge is 2.30. The Morgan fingerprint density at radius 1 is 1.00 bits per heavy atom. The highest BCUT2D eigenvalue weighted by Crippen LogP contribution is 2.32. The summed E-state index contributed by atoms with van der Waals surface area (Å²) in [5, 5.41) is 23.2. The summed E-state index contributed by atoms with van der Waals surface area (Å²) in [4.78, 5) is 11.4. The van der Waals surface area contributed by atoms with Gasteiger partial charge in [0, 0.05) is 18.1 Å². The number of phenols is 1. The van der Waals surface area contributed by atoms with Crippen molar-refractivity contribution in [3.63, 3.8) is 0 Å². The van der Waals surface area contributed by atoms with E-state index in [4.69, 9.17) is 0 Å². The topological polar surface area (TPSA) is 74.5 Å². The number of alkyl halides is 3. The first-order valence-corrected chi connectivity index (χ1v) is 10.2.